The molecular weight excluding hydrogens is 210 g/mol. The second-order valence-electron chi connectivity index (χ2n) is 5.73. The Balaban J connectivity index is 2.64. The lowest BCUT2D eigenvalue weighted by molar-refractivity contribution is 0.0850. The zero-order chi connectivity index (χ0) is 12.8. The van der Waals surface area contributed by atoms with Crippen molar-refractivity contribution in [2.45, 2.75) is 27.7 Å². The van der Waals surface area contributed by atoms with Gasteiger partial charge in [-0.3, -0.25) is 4.79 Å². The molecule has 2 nitrogen and oxygen atoms in total. The van der Waals surface area contributed by atoms with E-state index in [-0.39, 0.29) is 11.2 Å². The van der Waals surface area contributed by atoms with Gasteiger partial charge in [0.15, 0.2) is 5.78 Å². The van der Waals surface area contributed by atoms with Gasteiger partial charge in [-0.05, 0) is 25.1 Å². The van der Waals surface area contributed by atoms with Crippen molar-refractivity contribution in [3.05, 3.63) is 35.5 Å². The van der Waals surface area contributed by atoms with Crippen LogP contribution >= 0.6 is 0 Å². The maximum atomic E-state index is 12.3. The highest BCUT2D eigenvalue weighted by Gasteiger charge is 2.25. The lowest BCUT2D eigenvalue weighted by Gasteiger charge is -2.16. The minimum absolute atomic E-state index is 0.189. The maximum Gasteiger partial charge on any atom is 0.184 e. The van der Waals surface area contributed by atoms with Crippen LogP contribution in [0.4, 0.5) is 0 Å². The van der Waals surface area contributed by atoms with Crippen molar-refractivity contribution in [3.8, 4) is 0 Å². The van der Waals surface area contributed by atoms with Gasteiger partial charge in [-0.2, -0.15) is 0 Å². The quantitative estimate of drug-likeness (QED) is 0.683. The van der Waals surface area contributed by atoms with Gasteiger partial charge in [0.25, 0.3) is 0 Å². The first-order valence-electron chi connectivity index (χ1n) is 5.91. The zero-order valence-corrected chi connectivity index (χ0v) is 11.2. The average Bonchev–Trinajstić information content (AvgIpc) is 2.53. The molecule has 1 heterocycles. The van der Waals surface area contributed by atoms with Crippen LogP contribution in [0.25, 0.3) is 10.9 Å². The Hall–Kier alpha value is -1.57. The molecule has 2 rings (SSSR count). The summed E-state index contributed by atoms with van der Waals surface area (Å²) < 4.78 is 1.99. The van der Waals surface area contributed by atoms with Crippen molar-refractivity contribution < 1.29 is 4.79 Å². The van der Waals surface area contributed by atoms with Gasteiger partial charge in [-0.25, -0.2) is 0 Å². The number of aromatic nitrogens is 1. The Labute approximate surface area is 102 Å². The molecule has 0 aliphatic rings. The van der Waals surface area contributed by atoms with Crippen molar-refractivity contribution >= 4 is 16.7 Å². The molecule has 0 aliphatic carbocycles. The fourth-order valence-electron chi connectivity index (χ4n) is 2.07. The van der Waals surface area contributed by atoms with Crippen molar-refractivity contribution in [1.82, 2.24) is 4.57 Å². The molecular formula is C15H19NO. The summed E-state index contributed by atoms with van der Waals surface area (Å²) in [7, 11) is 1.96. The van der Waals surface area contributed by atoms with Crippen LogP contribution in [0, 0.1) is 12.3 Å². The van der Waals surface area contributed by atoms with Gasteiger partial charge in [-0.15, -0.1) is 0 Å². The number of hydrogen-bond acceptors (Lipinski definition) is 1. The predicted octanol–water partition coefficient (Wildman–Crippen LogP) is 3.72. The third-order valence-corrected chi connectivity index (χ3v) is 3.11. The number of carbonyl (C=O) groups excluding carboxylic acids is 1. The zero-order valence-electron chi connectivity index (χ0n) is 11.2. The van der Waals surface area contributed by atoms with E-state index in [4.69, 9.17) is 0 Å². The van der Waals surface area contributed by atoms with Gasteiger partial charge in [0, 0.05) is 23.4 Å². The largest absolute Gasteiger partial charge is 0.341 e. The molecule has 0 atom stereocenters. The molecule has 0 N–H and O–H groups in total. The molecule has 0 amide bonds. The van der Waals surface area contributed by atoms with Crippen molar-refractivity contribution in [2.24, 2.45) is 12.5 Å². The van der Waals surface area contributed by atoms with E-state index in [1.165, 1.54) is 5.56 Å². The summed E-state index contributed by atoms with van der Waals surface area (Å²) in [6, 6.07) is 8.27. The van der Waals surface area contributed by atoms with E-state index in [9.17, 15) is 4.79 Å². The van der Waals surface area contributed by atoms with E-state index in [1.807, 2.05) is 38.5 Å². The van der Waals surface area contributed by atoms with E-state index in [2.05, 4.69) is 25.1 Å². The fourth-order valence-corrected chi connectivity index (χ4v) is 2.07. The standard InChI is InChI=1S/C15H19NO/c1-10-6-7-12-11(8-10)9-13(16(12)5)14(17)15(2,3)4/h6-9H,1-5H3. The highest BCUT2D eigenvalue weighted by atomic mass is 16.1. The molecule has 0 bridgehead atoms. The molecule has 0 radical (unpaired) electrons. The van der Waals surface area contributed by atoms with Crippen LogP contribution in [-0.2, 0) is 7.05 Å². The van der Waals surface area contributed by atoms with Crippen molar-refractivity contribution in [2.75, 3.05) is 0 Å². The second-order valence-corrected chi connectivity index (χ2v) is 5.73. The molecule has 0 spiro atoms. The van der Waals surface area contributed by atoms with Crippen molar-refractivity contribution in [3.63, 3.8) is 0 Å². The Morgan fingerprint density at radius 2 is 1.82 bits per heavy atom. The van der Waals surface area contributed by atoms with Crippen LogP contribution in [0.15, 0.2) is 24.3 Å². The summed E-state index contributed by atoms with van der Waals surface area (Å²) >= 11 is 0. The topological polar surface area (TPSA) is 22.0 Å². The van der Waals surface area contributed by atoms with Gasteiger partial charge in [0.05, 0.1) is 5.69 Å². The minimum atomic E-state index is -0.336. The smallest absolute Gasteiger partial charge is 0.184 e. The van der Waals surface area contributed by atoms with Crippen LogP contribution in [0.2, 0.25) is 0 Å². The summed E-state index contributed by atoms with van der Waals surface area (Å²) in [5.74, 6) is 0.189. The van der Waals surface area contributed by atoms with E-state index >= 15 is 0 Å². The Bertz CT molecular complexity index is 585. The lowest BCUT2D eigenvalue weighted by Crippen LogP contribution is -2.22. The molecule has 0 saturated heterocycles. The van der Waals surface area contributed by atoms with Gasteiger partial charge in [0.2, 0.25) is 0 Å². The normalized spacial score (nSPS) is 12.1. The first-order valence-corrected chi connectivity index (χ1v) is 5.91. The van der Waals surface area contributed by atoms with Gasteiger partial charge < -0.3 is 4.57 Å². The summed E-state index contributed by atoms with van der Waals surface area (Å²) in [5.41, 5.74) is 2.79. The number of ketones is 1. The lowest BCUT2D eigenvalue weighted by atomic mass is 9.89. The van der Waals surface area contributed by atoms with E-state index in [0.29, 0.717) is 0 Å². The third kappa shape index (κ3) is 1.99. The Morgan fingerprint density at radius 1 is 1.18 bits per heavy atom. The molecule has 1 aromatic heterocycles. The molecule has 0 fully saturated rings. The van der Waals surface area contributed by atoms with Crippen LogP contribution in [0.5, 0.6) is 0 Å². The minimum Gasteiger partial charge on any atom is -0.341 e. The molecule has 2 heteroatoms. The third-order valence-electron chi connectivity index (χ3n) is 3.11. The van der Waals surface area contributed by atoms with Gasteiger partial charge >= 0.3 is 0 Å². The average molecular weight is 229 g/mol. The molecule has 0 aliphatic heterocycles. The number of benzene rings is 1. The van der Waals surface area contributed by atoms with Gasteiger partial charge in [0.1, 0.15) is 0 Å². The number of aryl methyl sites for hydroxylation is 2. The van der Waals surface area contributed by atoms with Crippen molar-refractivity contribution in [1.29, 1.82) is 0 Å². The van der Waals surface area contributed by atoms with Crippen LogP contribution in [0.1, 0.15) is 36.8 Å². The highest BCUT2D eigenvalue weighted by molar-refractivity contribution is 6.02. The van der Waals surface area contributed by atoms with E-state index in [0.717, 1.165) is 16.6 Å². The SMILES string of the molecule is Cc1ccc2c(c1)cc(C(=O)C(C)(C)C)n2C. The van der Waals surface area contributed by atoms with Crippen LogP contribution in [-0.4, -0.2) is 10.4 Å². The highest BCUT2D eigenvalue weighted by Crippen LogP contribution is 2.26. The fraction of sp³-hybridized carbons (Fsp3) is 0.400. The number of nitrogens with zero attached hydrogens (tertiary/aromatic N) is 1. The summed E-state index contributed by atoms with van der Waals surface area (Å²) in [4.78, 5) is 12.3. The molecule has 0 unspecified atom stereocenters. The molecule has 2 aromatic rings. The number of fused-ring (bicyclic) bond motifs is 1. The summed E-state index contributed by atoms with van der Waals surface area (Å²) in [5, 5.41) is 1.14. The van der Waals surface area contributed by atoms with E-state index in [1.54, 1.807) is 0 Å². The predicted molar refractivity (Wildman–Crippen MR) is 71.4 cm³/mol. The number of rotatable bonds is 1. The molecule has 90 valence electrons. The Morgan fingerprint density at radius 3 is 2.41 bits per heavy atom. The van der Waals surface area contributed by atoms with Crippen LogP contribution < -0.4 is 0 Å². The monoisotopic (exact) mass is 229 g/mol. The first-order chi connectivity index (χ1) is 7.80. The molecule has 17 heavy (non-hydrogen) atoms. The van der Waals surface area contributed by atoms with Crippen LogP contribution in [0.3, 0.4) is 0 Å². The van der Waals surface area contributed by atoms with Gasteiger partial charge in [-0.1, -0.05) is 32.4 Å². The second kappa shape index (κ2) is 3.73. The molecule has 0 saturated carbocycles. The number of hydrogen-bond donors (Lipinski definition) is 0. The number of Topliss-reactive ketones (excluding diaryl/α,β-unsaturated/α-hetero) is 1. The van der Waals surface area contributed by atoms with E-state index < -0.39 is 0 Å². The Kier molecular flexibility index (Phi) is 2.61. The summed E-state index contributed by atoms with van der Waals surface area (Å²) in [6.07, 6.45) is 0. The maximum absolute atomic E-state index is 12.3. The number of carbonyl (C=O) groups is 1. The molecule has 1 aromatic carbocycles. The summed E-state index contributed by atoms with van der Waals surface area (Å²) in [6.45, 7) is 7.94. The first kappa shape index (κ1) is 11.9.